The minimum absolute atomic E-state index is 0.197. The van der Waals surface area contributed by atoms with Crippen molar-refractivity contribution in [3.63, 3.8) is 0 Å². The summed E-state index contributed by atoms with van der Waals surface area (Å²) in [6, 6.07) is 10.7. The number of aryl methyl sites for hydroxylation is 1. The van der Waals surface area contributed by atoms with Crippen LogP contribution in [-0.2, 0) is 18.4 Å². The van der Waals surface area contributed by atoms with E-state index in [1.807, 2.05) is 12.1 Å². The summed E-state index contributed by atoms with van der Waals surface area (Å²) in [5.41, 5.74) is 1.09. The maximum atomic E-state index is 12.9. The molecular weight excluding hydrogens is 386 g/mol. The molecule has 3 rings (SSSR count). The van der Waals surface area contributed by atoms with Crippen LogP contribution in [0.4, 0.5) is 0 Å². The summed E-state index contributed by atoms with van der Waals surface area (Å²) in [7, 11) is 6.19. The highest BCUT2D eigenvalue weighted by atomic mass is 16.5. The molecule has 1 aromatic heterocycles. The van der Waals surface area contributed by atoms with Gasteiger partial charge < -0.3 is 19.5 Å². The van der Waals surface area contributed by atoms with Gasteiger partial charge in [0.25, 0.3) is 5.56 Å². The summed E-state index contributed by atoms with van der Waals surface area (Å²) in [6.07, 6.45) is 0. The lowest BCUT2D eigenvalue weighted by Crippen LogP contribution is -2.30. The van der Waals surface area contributed by atoms with Crippen molar-refractivity contribution in [2.24, 2.45) is 7.05 Å². The number of hydrogen-bond acceptors (Lipinski definition) is 6. The number of carbonyl (C=O) groups is 1. The van der Waals surface area contributed by atoms with Crippen LogP contribution in [0.5, 0.6) is 17.2 Å². The fourth-order valence-corrected chi connectivity index (χ4v) is 3.41. The second-order valence-electron chi connectivity index (χ2n) is 6.79. The van der Waals surface area contributed by atoms with E-state index in [9.17, 15) is 9.59 Å². The number of hydrogen-bond donors (Lipinski definition) is 1. The van der Waals surface area contributed by atoms with E-state index in [4.69, 9.17) is 14.2 Å². The van der Waals surface area contributed by atoms with Gasteiger partial charge in [0.15, 0.2) is 11.5 Å². The molecule has 0 saturated carbocycles. The van der Waals surface area contributed by atoms with Crippen LogP contribution in [0.1, 0.15) is 24.1 Å². The molecule has 158 valence electrons. The molecule has 1 amide bonds. The van der Waals surface area contributed by atoms with Crippen molar-refractivity contribution in [2.75, 3.05) is 21.3 Å². The first-order valence-corrected chi connectivity index (χ1v) is 9.44. The quantitative estimate of drug-likeness (QED) is 0.642. The molecule has 8 nitrogen and oxygen atoms in total. The molecule has 0 aliphatic carbocycles. The lowest BCUT2D eigenvalue weighted by molar-refractivity contribution is -0.122. The predicted molar refractivity (Wildman–Crippen MR) is 113 cm³/mol. The van der Waals surface area contributed by atoms with Crippen molar-refractivity contribution >= 4 is 16.7 Å². The molecule has 1 N–H and O–H groups in total. The number of carbonyl (C=O) groups excluding carboxylic acids is 1. The molecule has 2 aromatic carbocycles. The third-order valence-corrected chi connectivity index (χ3v) is 5.03. The molecule has 0 aliphatic rings. The molecule has 3 aromatic rings. The van der Waals surface area contributed by atoms with Crippen molar-refractivity contribution in [1.29, 1.82) is 0 Å². The Labute approximate surface area is 174 Å². The molecule has 0 aliphatic heterocycles. The third-order valence-electron chi connectivity index (χ3n) is 5.03. The van der Waals surface area contributed by atoms with E-state index in [1.54, 1.807) is 45.3 Å². The zero-order valence-corrected chi connectivity index (χ0v) is 17.7. The normalized spacial score (nSPS) is 11.8. The average molecular weight is 411 g/mol. The monoisotopic (exact) mass is 411 g/mol. The summed E-state index contributed by atoms with van der Waals surface area (Å²) in [6.45, 7) is 2.00. The smallest absolute Gasteiger partial charge is 0.274 e. The Morgan fingerprint density at radius 2 is 1.70 bits per heavy atom. The van der Waals surface area contributed by atoms with Gasteiger partial charge in [-0.05, 0) is 25.1 Å². The van der Waals surface area contributed by atoms with Crippen LogP contribution in [0, 0.1) is 0 Å². The highest BCUT2D eigenvalue weighted by Gasteiger charge is 2.22. The Bertz CT molecular complexity index is 1140. The summed E-state index contributed by atoms with van der Waals surface area (Å²) in [5.74, 6) is 0.718. The zero-order valence-electron chi connectivity index (χ0n) is 17.7. The van der Waals surface area contributed by atoms with Gasteiger partial charge in [-0.2, -0.15) is 5.10 Å². The molecule has 1 heterocycles. The molecule has 30 heavy (non-hydrogen) atoms. The molecular formula is C22H25N3O5. The maximum Gasteiger partial charge on any atom is 0.274 e. The third kappa shape index (κ3) is 3.80. The van der Waals surface area contributed by atoms with Crippen LogP contribution in [0.15, 0.2) is 41.2 Å². The molecule has 0 saturated heterocycles. The second-order valence-corrected chi connectivity index (χ2v) is 6.79. The topological polar surface area (TPSA) is 91.7 Å². The van der Waals surface area contributed by atoms with E-state index in [0.29, 0.717) is 33.7 Å². The van der Waals surface area contributed by atoms with Gasteiger partial charge in [-0.25, -0.2) is 4.68 Å². The van der Waals surface area contributed by atoms with Crippen LogP contribution >= 0.6 is 0 Å². The molecule has 8 heteroatoms. The van der Waals surface area contributed by atoms with Crippen LogP contribution in [0.3, 0.4) is 0 Å². The number of benzene rings is 2. The Kier molecular flexibility index (Phi) is 6.25. The van der Waals surface area contributed by atoms with E-state index in [2.05, 4.69) is 10.4 Å². The van der Waals surface area contributed by atoms with Crippen molar-refractivity contribution in [3.05, 3.63) is 58.0 Å². The number of aromatic nitrogens is 2. The number of rotatable bonds is 7. The van der Waals surface area contributed by atoms with Crippen LogP contribution < -0.4 is 25.1 Å². The lowest BCUT2D eigenvalue weighted by Gasteiger charge is -2.18. The van der Waals surface area contributed by atoms with Gasteiger partial charge in [0.05, 0.1) is 38.3 Å². The molecule has 1 atom stereocenters. The van der Waals surface area contributed by atoms with E-state index >= 15 is 0 Å². The van der Waals surface area contributed by atoms with Gasteiger partial charge in [-0.1, -0.05) is 18.2 Å². The molecule has 1 unspecified atom stereocenters. The molecule has 0 bridgehead atoms. The number of nitrogens with one attached hydrogen (secondary N) is 1. The van der Waals surface area contributed by atoms with Crippen LogP contribution in [-0.4, -0.2) is 37.0 Å². The van der Waals surface area contributed by atoms with E-state index in [1.165, 1.54) is 18.9 Å². The summed E-state index contributed by atoms with van der Waals surface area (Å²) < 4.78 is 17.4. The largest absolute Gasteiger partial charge is 0.493 e. The maximum absolute atomic E-state index is 12.9. The van der Waals surface area contributed by atoms with Gasteiger partial charge in [0, 0.05) is 24.5 Å². The minimum Gasteiger partial charge on any atom is -0.493 e. The summed E-state index contributed by atoms with van der Waals surface area (Å²) >= 11 is 0. The highest BCUT2D eigenvalue weighted by molar-refractivity contribution is 5.91. The molecule has 0 spiro atoms. The Morgan fingerprint density at radius 3 is 2.33 bits per heavy atom. The predicted octanol–water partition coefficient (Wildman–Crippen LogP) is 2.38. The number of amides is 1. The van der Waals surface area contributed by atoms with Crippen molar-refractivity contribution in [2.45, 2.75) is 19.4 Å². The standard InChI is InChI=1S/C22H25N3O5/c1-13(18-15-8-6-7-9-16(15)22(27)25(2)24-18)21(26)23-12-14-10-11-17(28-3)20(30-5)19(14)29-4/h6-11,13H,12H2,1-5H3,(H,23,26). The SMILES string of the molecule is COc1ccc(CNC(=O)C(C)c2nn(C)c(=O)c3ccccc23)c(OC)c1OC. The number of methoxy groups -OCH3 is 3. The highest BCUT2D eigenvalue weighted by Crippen LogP contribution is 2.39. The Hall–Kier alpha value is -3.55. The van der Waals surface area contributed by atoms with Crippen LogP contribution in [0.25, 0.3) is 10.8 Å². The summed E-state index contributed by atoms with van der Waals surface area (Å²) in [4.78, 5) is 25.2. The van der Waals surface area contributed by atoms with Crippen LogP contribution in [0.2, 0.25) is 0 Å². The molecule has 0 fully saturated rings. The van der Waals surface area contributed by atoms with Gasteiger partial charge in [0.2, 0.25) is 11.7 Å². The number of fused-ring (bicyclic) bond motifs is 1. The number of nitrogens with zero attached hydrogens (tertiary/aromatic N) is 2. The van der Waals surface area contributed by atoms with Crippen molar-refractivity contribution in [1.82, 2.24) is 15.1 Å². The van der Waals surface area contributed by atoms with Crippen molar-refractivity contribution in [3.8, 4) is 17.2 Å². The average Bonchev–Trinajstić information content (AvgIpc) is 2.78. The molecule has 0 radical (unpaired) electrons. The summed E-state index contributed by atoms with van der Waals surface area (Å²) in [5, 5.41) is 8.47. The van der Waals surface area contributed by atoms with E-state index < -0.39 is 5.92 Å². The van der Waals surface area contributed by atoms with E-state index in [0.717, 1.165) is 5.56 Å². The first-order valence-electron chi connectivity index (χ1n) is 9.44. The van der Waals surface area contributed by atoms with Gasteiger partial charge in [-0.3, -0.25) is 9.59 Å². The Morgan fingerprint density at radius 1 is 1.03 bits per heavy atom. The van der Waals surface area contributed by atoms with Gasteiger partial charge >= 0.3 is 0 Å². The second kappa shape index (κ2) is 8.86. The first-order chi connectivity index (χ1) is 14.4. The zero-order chi connectivity index (χ0) is 21.8. The van der Waals surface area contributed by atoms with Gasteiger partial charge in [0.1, 0.15) is 0 Å². The number of ether oxygens (including phenoxy) is 3. The lowest BCUT2D eigenvalue weighted by atomic mass is 10.0. The van der Waals surface area contributed by atoms with Crippen molar-refractivity contribution < 1.29 is 19.0 Å². The fraction of sp³-hybridized carbons (Fsp3) is 0.318. The fourth-order valence-electron chi connectivity index (χ4n) is 3.41. The Balaban J connectivity index is 1.87. The first kappa shape index (κ1) is 21.2. The minimum atomic E-state index is -0.562. The van der Waals surface area contributed by atoms with Gasteiger partial charge in [-0.15, -0.1) is 0 Å². The van der Waals surface area contributed by atoms with E-state index in [-0.39, 0.29) is 18.0 Å².